The van der Waals surface area contributed by atoms with E-state index in [1.54, 1.807) is 24.2 Å². The molecule has 6 heteroatoms. The van der Waals surface area contributed by atoms with Gasteiger partial charge in [0.15, 0.2) is 5.11 Å². The second kappa shape index (κ2) is 8.42. The minimum Gasteiger partial charge on any atom is -0.358 e. The van der Waals surface area contributed by atoms with Gasteiger partial charge in [0.25, 0.3) is 0 Å². The van der Waals surface area contributed by atoms with Crippen molar-refractivity contribution in [3.05, 3.63) is 78.8 Å². The number of pyridine rings is 2. The minimum absolute atomic E-state index is 0.559. The molecular weight excluding hydrogens is 336 g/mol. The summed E-state index contributed by atoms with van der Waals surface area (Å²) in [4.78, 5) is 9.69. The van der Waals surface area contributed by atoms with E-state index in [0.29, 0.717) is 11.7 Å². The fourth-order valence-electron chi connectivity index (χ4n) is 1.98. The van der Waals surface area contributed by atoms with Gasteiger partial charge in [0.1, 0.15) is 5.03 Å². The van der Waals surface area contributed by atoms with Crippen LogP contribution in [-0.2, 0) is 6.54 Å². The lowest BCUT2D eigenvalue weighted by Crippen LogP contribution is -2.27. The molecule has 0 bridgehead atoms. The van der Waals surface area contributed by atoms with Crippen LogP contribution in [0.15, 0.2) is 83.1 Å². The molecule has 0 saturated heterocycles. The summed E-state index contributed by atoms with van der Waals surface area (Å²) in [5, 5.41) is 7.79. The quantitative estimate of drug-likeness (QED) is 0.674. The fourth-order valence-corrected chi connectivity index (χ4v) is 2.95. The van der Waals surface area contributed by atoms with E-state index < -0.39 is 0 Å². The third-order valence-electron chi connectivity index (χ3n) is 3.14. The molecule has 0 amide bonds. The van der Waals surface area contributed by atoms with Gasteiger partial charge in [-0.05, 0) is 48.1 Å². The summed E-state index contributed by atoms with van der Waals surface area (Å²) in [6.07, 6.45) is 5.34. The smallest absolute Gasteiger partial charge is 0.171 e. The molecule has 0 unspecified atom stereocenters. The van der Waals surface area contributed by atoms with Gasteiger partial charge in [0.05, 0.1) is 11.9 Å². The highest BCUT2D eigenvalue weighted by Gasteiger charge is 2.01. The van der Waals surface area contributed by atoms with E-state index in [-0.39, 0.29) is 0 Å². The summed E-state index contributed by atoms with van der Waals surface area (Å²) in [7, 11) is 0. The third kappa shape index (κ3) is 5.04. The number of nitrogens with zero attached hydrogens (tertiary/aromatic N) is 2. The Labute approximate surface area is 150 Å². The van der Waals surface area contributed by atoms with Crippen LogP contribution in [0, 0.1) is 0 Å². The Bertz CT molecular complexity index is 777. The van der Waals surface area contributed by atoms with Gasteiger partial charge in [0, 0.05) is 23.8 Å². The number of rotatable bonds is 5. The molecule has 0 saturated carbocycles. The van der Waals surface area contributed by atoms with Crippen LogP contribution < -0.4 is 10.6 Å². The topological polar surface area (TPSA) is 49.8 Å². The molecule has 0 radical (unpaired) electrons. The number of benzene rings is 1. The maximum absolute atomic E-state index is 5.30. The predicted molar refractivity (Wildman–Crippen MR) is 102 cm³/mol. The van der Waals surface area contributed by atoms with E-state index in [9.17, 15) is 0 Å². The first-order valence-electron chi connectivity index (χ1n) is 7.42. The molecule has 2 heterocycles. The summed E-state index contributed by atoms with van der Waals surface area (Å²) in [5.74, 6) is 0. The Morgan fingerprint density at radius 2 is 1.88 bits per heavy atom. The van der Waals surface area contributed by atoms with Crippen LogP contribution in [0.2, 0.25) is 0 Å². The zero-order valence-electron chi connectivity index (χ0n) is 12.8. The Kier molecular flexibility index (Phi) is 5.76. The maximum atomic E-state index is 5.30. The minimum atomic E-state index is 0.559. The highest BCUT2D eigenvalue weighted by molar-refractivity contribution is 7.99. The van der Waals surface area contributed by atoms with E-state index in [4.69, 9.17) is 12.2 Å². The first-order valence-corrected chi connectivity index (χ1v) is 8.65. The number of nitrogens with one attached hydrogen (secondary N) is 2. The first-order chi connectivity index (χ1) is 11.8. The fraction of sp³-hybridized carbons (Fsp3) is 0.0556. The van der Waals surface area contributed by atoms with E-state index >= 15 is 0 Å². The van der Waals surface area contributed by atoms with Crippen molar-refractivity contribution in [2.45, 2.75) is 16.5 Å². The molecule has 0 aliphatic carbocycles. The Morgan fingerprint density at radius 1 is 1.00 bits per heavy atom. The standard InChI is InChI=1S/C18H16N4S2/c23-18(21-12-14-5-4-10-19-11-14)22-15-8-9-17(20-13-15)24-16-6-2-1-3-7-16/h1-11,13H,12H2,(H2,21,22,23). The van der Waals surface area contributed by atoms with Crippen molar-refractivity contribution in [2.75, 3.05) is 5.32 Å². The lowest BCUT2D eigenvalue weighted by atomic mass is 10.3. The molecule has 0 atom stereocenters. The average Bonchev–Trinajstić information content (AvgIpc) is 2.63. The molecule has 1 aromatic carbocycles. The molecule has 2 N–H and O–H groups in total. The van der Waals surface area contributed by atoms with Crippen LogP contribution >= 0.6 is 24.0 Å². The van der Waals surface area contributed by atoms with Crippen LogP contribution in [0.3, 0.4) is 0 Å². The van der Waals surface area contributed by atoms with Crippen LogP contribution in [-0.4, -0.2) is 15.1 Å². The van der Waals surface area contributed by atoms with Crippen LogP contribution in [0.25, 0.3) is 0 Å². The number of anilines is 1. The van der Waals surface area contributed by atoms with Gasteiger partial charge in [-0.25, -0.2) is 4.98 Å². The molecule has 2 aromatic heterocycles. The molecule has 0 aliphatic rings. The Hall–Kier alpha value is -2.44. The lowest BCUT2D eigenvalue weighted by Gasteiger charge is -2.10. The maximum Gasteiger partial charge on any atom is 0.171 e. The number of aromatic nitrogens is 2. The normalized spacial score (nSPS) is 10.2. The highest BCUT2D eigenvalue weighted by atomic mass is 32.2. The van der Waals surface area contributed by atoms with Crippen LogP contribution in [0.1, 0.15) is 5.56 Å². The lowest BCUT2D eigenvalue weighted by molar-refractivity contribution is 0.916. The van der Waals surface area contributed by atoms with Gasteiger partial charge in [-0.1, -0.05) is 36.0 Å². The van der Waals surface area contributed by atoms with Crippen molar-refractivity contribution in [1.29, 1.82) is 0 Å². The van der Waals surface area contributed by atoms with Crippen molar-refractivity contribution < 1.29 is 0 Å². The molecular formula is C18H16N4S2. The summed E-state index contributed by atoms with van der Waals surface area (Å²) in [5.41, 5.74) is 1.94. The summed E-state index contributed by atoms with van der Waals surface area (Å²) in [6, 6.07) is 18.0. The van der Waals surface area contributed by atoms with E-state index in [1.165, 1.54) is 4.90 Å². The summed E-state index contributed by atoms with van der Waals surface area (Å²) < 4.78 is 0. The molecule has 0 aliphatic heterocycles. The first kappa shape index (κ1) is 16.4. The van der Waals surface area contributed by atoms with Crippen molar-refractivity contribution in [2.24, 2.45) is 0 Å². The summed E-state index contributed by atoms with van der Waals surface area (Å²) >= 11 is 6.93. The van der Waals surface area contributed by atoms with Crippen molar-refractivity contribution >= 4 is 34.8 Å². The molecule has 3 aromatic rings. The third-order valence-corrected chi connectivity index (χ3v) is 4.34. The predicted octanol–water partition coefficient (Wildman–Crippen LogP) is 4.11. The SMILES string of the molecule is S=C(NCc1cccnc1)Nc1ccc(Sc2ccccc2)nc1. The molecule has 24 heavy (non-hydrogen) atoms. The number of hydrogen-bond acceptors (Lipinski definition) is 4. The largest absolute Gasteiger partial charge is 0.358 e. The zero-order valence-corrected chi connectivity index (χ0v) is 14.5. The monoisotopic (exact) mass is 352 g/mol. The van der Waals surface area contributed by atoms with Crippen molar-refractivity contribution in [3.8, 4) is 0 Å². The average molecular weight is 352 g/mol. The van der Waals surface area contributed by atoms with E-state index in [1.807, 2.05) is 48.7 Å². The molecule has 0 spiro atoms. The second-order valence-electron chi connectivity index (χ2n) is 4.97. The van der Waals surface area contributed by atoms with Gasteiger partial charge >= 0.3 is 0 Å². The van der Waals surface area contributed by atoms with Crippen LogP contribution in [0.4, 0.5) is 5.69 Å². The molecule has 120 valence electrons. The summed E-state index contributed by atoms with van der Waals surface area (Å²) in [6.45, 7) is 0.634. The van der Waals surface area contributed by atoms with Gasteiger partial charge < -0.3 is 10.6 Å². The number of thiocarbonyl (C=S) groups is 1. The Balaban J connectivity index is 1.51. The molecule has 4 nitrogen and oxygen atoms in total. The van der Waals surface area contributed by atoms with Crippen LogP contribution in [0.5, 0.6) is 0 Å². The van der Waals surface area contributed by atoms with Gasteiger partial charge in [-0.3, -0.25) is 4.98 Å². The van der Waals surface area contributed by atoms with E-state index in [0.717, 1.165) is 16.3 Å². The second-order valence-corrected chi connectivity index (χ2v) is 6.47. The number of hydrogen-bond donors (Lipinski definition) is 2. The zero-order chi connectivity index (χ0) is 16.6. The van der Waals surface area contributed by atoms with Crippen molar-refractivity contribution in [1.82, 2.24) is 15.3 Å². The van der Waals surface area contributed by atoms with Gasteiger partial charge in [-0.2, -0.15) is 0 Å². The molecule has 3 rings (SSSR count). The molecule has 0 fully saturated rings. The van der Waals surface area contributed by atoms with Gasteiger partial charge in [0.2, 0.25) is 0 Å². The van der Waals surface area contributed by atoms with E-state index in [2.05, 4.69) is 32.7 Å². The van der Waals surface area contributed by atoms with Crippen molar-refractivity contribution in [3.63, 3.8) is 0 Å². The Morgan fingerprint density at radius 3 is 2.58 bits per heavy atom. The highest BCUT2D eigenvalue weighted by Crippen LogP contribution is 2.25. The van der Waals surface area contributed by atoms with Gasteiger partial charge in [-0.15, -0.1) is 0 Å².